The molecule has 0 heterocycles. The number of anilines is 1. The maximum absolute atomic E-state index is 11.3. The molecule has 2 rings (SSSR count). The number of primary sulfonamides is 1. The lowest BCUT2D eigenvalue weighted by atomic mass is 10.1. The molecule has 0 amide bonds. The van der Waals surface area contributed by atoms with Crippen LogP contribution in [0.4, 0.5) is 5.69 Å². The summed E-state index contributed by atoms with van der Waals surface area (Å²) in [5.74, 6) is 0. The molecule has 0 aliphatic rings. The standard InChI is InChI=1S/C16H18ClN3O2S2/c1-10-3-6-13(9-15(10)17)20-16(23)19-11(2)12-4-7-14(8-5-12)24(18,21)22/h3-9,11H,1-2H3,(H2,18,21,22)(H2,19,20,23)/t11-/m0/s1. The number of nitrogens with one attached hydrogen (secondary N) is 2. The third-order valence-corrected chi connectivity index (χ3v) is 5.04. The predicted octanol–water partition coefficient (Wildman–Crippen LogP) is 3.34. The molecular weight excluding hydrogens is 366 g/mol. The van der Waals surface area contributed by atoms with Gasteiger partial charge in [-0.3, -0.25) is 0 Å². The van der Waals surface area contributed by atoms with Gasteiger partial charge in [0, 0.05) is 10.7 Å². The van der Waals surface area contributed by atoms with Crippen LogP contribution in [0.1, 0.15) is 24.1 Å². The van der Waals surface area contributed by atoms with Crippen LogP contribution >= 0.6 is 23.8 Å². The van der Waals surface area contributed by atoms with E-state index in [2.05, 4.69) is 10.6 Å². The van der Waals surface area contributed by atoms with Crippen LogP contribution in [0.2, 0.25) is 5.02 Å². The normalized spacial score (nSPS) is 12.5. The fraction of sp³-hybridized carbons (Fsp3) is 0.188. The molecule has 0 aliphatic carbocycles. The van der Waals surface area contributed by atoms with Gasteiger partial charge in [-0.25, -0.2) is 13.6 Å². The van der Waals surface area contributed by atoms with Crippen molar-refractivity contribution in [3.63, 3.8) is 0 Å². The summed E-state index contributed by atoms with van der Waals surface area (Å²) < 4.78 is 22.5. The SMILES string of the molecule is Cc1ccc(NC(=S)N[C@@H](C)c2ccc(S(N)(=O)=O)cc2)cc1Cl. The van der Waals surface area contributed by atoms with Crippen molar-refractivity contribution in [2.45, 2.75) is 24.8 Å². The summed E-state index contributed by atoms with van der Waals surface area (Å²) in [4.78, 5) is 0.0773. The molecule has 2 aromatic carbocycles. The smallest absolute Gasteiger partial charge is 0.238 e. The number of aryl methyl sites for hydroxylation is 1. The average molecular weight is 384 g/mol. The van der Waals surface area contributed by atoms with Crippen molar-refractivity contribution in [2.24, 2.45) is 5.14 Å². The zero-order valence-electron chi connectivity index (χ0n) is 13.2. The van der Waals surface area contributed by atoms with E-state index in [1.165, 1.54) is 12.1 Å². The fourth-order valence-electron chi connectivity index (χ4n) is 2.06. The van der Waals surface area contributed by atoms with Gasteiger partial charge in [-0.1, -0.05) is 29.8 Å². The number of halogens is 1. The second-order valence-electron chi connectivity index (χ2n) is 5.40. The van der Waals surface area contributed by atoms with E-state index in [1.54, 1.807) is 18.2 Å². The van der Waals surface area contributed by atoms with Crippen LogP contribution in [0.15, 0.2) is 47.4 Å². The largest absolute Gasteiger partial charge is 0.356 e. The summed E-state index contributed by atoms with van der Waals surface area (Å²) in [6, 6.07) is 11.8. The van der Waals surface area contributed by atoms with Gasteiger partial charge < -0.3 is 10.6 Å². The molecule has 0 fully saturated rings. The Labute approximate surface area is 152 Å². The van der Waals surface area contributed by atoms with Crippen LogP contribution < -0.4 is 15.8 Å². The number of rotatable bonds is 4. The van der Waals surface area contributed by atoms with Gasteiger partial charge in [0.15, 0.2) is 5.11 Å². The van der Waals surface area contributed by atoms with E-state index in [0.717, 1.165) is 16.8 Å². The van der Waals surface area contributed by atoms with Gasteiger partial charge in [0.05, 0.1) is 10.9 Å². The van der Waals surface area contributed by atoms with E-state index in [-0.39, 0.29) is 10.9 Å². The van der Waals surface area contributed by atoms with E-state index >= 15 is 0 Å². The van der Waals surface area contributed by atoms with Crippen molar-refractivity contribution < 1.29 is 8.42 Å². The van der Waals surface area contributed by atoms with Crippen molar-refractivity contribution in [1.29, 1.82) is 0 Å². The molecule has 128 valence electrons. The molecule has 24 heavy (non-hydrogen) atoms. The Bertz CT molecular complexity index is 852. The fourth-order valence-corrected chi connectivity index (χ4v) is 3.05. The molecule has 0 aromatic heterocycles. The number of hydrogen-bond donors (Lipinski definition) is 3. The molecule has 0 unspecified atom stereocenters. The van der Waals surface area contributed by atoms with Crippen molar-refractivity contribution in [3.05, 3.63) is 58.6 Å². The predicted molar refractivity (Wildman–Crippen MR) is 102 cm³/mol. The Kier molecular flexibility index (Phi) is 5.82. The molecule has 0 saturated carbocycles. The minimum Gasteiger partial charge on any atom is -0.356 e. The number of hydrogen-bond acceptors (Lipinski definition) is 3. The summed E-state index contributed by atoms with van der Waals surface area (Å²) in [6.07, 6.45) is 0. The Morgan fingerprint density at radius 3 is 2.38 bits per heavy atom. The molecule has 5 nitrogen and oxygen atoms in total. The van der Waals surface area contributed by atoms with Gasteiger partial charge in [-0.05, 0) is 61.5 Å². The van der Waals surface area contributed by atoms with Crippen LogP contribution in [0.25, 0.3) is 0 Å². The van der Waals surface area contributed by atoms with Crippen LogP contribution in [0.5, 0.6) is 0 Å². The van der Waals surface area contributed by atoms with Crippen molar-refractivity contribution >= 4 is 44.6 Å². The average Bonchev–Trinajstić information content (AvgIpc) is 2.50. The van der Waals surface area contributed by atoms with Crippen LogP contribution in [-0.2, 0) is 10.0 Å². The zero-order valence-corrected chi connectivity index (χ0v) is 15.6. The molecule has 0 aliphatic heterocycles. The first-order valence-electron chi connectivity index (χ1n) is 7.13. The molecule has 0 radical (unpaired) electrons. The van der Waals surface area contributed by atoms with Crippen molar-refractivity contribution in [1.82, 2.24) is 5.32 Å². The first kappa shape index (κ1) is 18.7. The van der Waals surface area contributed by atoms with E-state index in [9.17, 15) is 8.42 Å². The van der Waals surface area contributed by atoms with E-state index in [4.69, 9.17) is 29.0 Å². The first-order valence-corrected chi connectivity index (χ1v) is 9.46. The van der Waals surface area contributed by atoms with Gasteiger partial charge in [0.1, 0.15) is 0 Å². The minimum absolute atomic E-state index is 0.0773. The zero-order chi connectivity index (χ0) is 17.9. The molecule has 0 saturated heterocycles. The Balaban J connectivity index is 2.01. The van der Waals surface area contributed by atoms with E-state index in [0.29, 0.717) is 10.1 Å². The second kappa shape index (κ2) is 7.48. The summed E-state index contributed by atoms with van der Waals surface area (Å²) in [6.45, 7) is 3.85. The number of sulfonamides is 1. The lowest BCUT2D eigenvalue weighted by Crippen LogP contribution is -2.30. The van der Waals surface area contributed by atoms with Crippen LogP contribution in [-0.4, -0.2) is 13.5 Å². The molecule has 1 atom stereocenters. The van der Waals surface area contributed by atoms with Gasteiger partial charge in [0.2, 0.25) is 10.0 Å². The van der Waals surface area contributed by atoms with Gasteiger partial charge in [0.25, 0.3) is 0 Å². The number of nitrogens with two attached hydrogens (primary N) is 1. The molecule has 0 bridgehead atoms. The number of benzene rings is 2. The summed E-state index contributed by atoms with van der Waals surface area (Å²) in [7, 11) is -3.69. The monoisotopic (exact) mass is 383 g/mol. The number of thiocarbonyl (C=S) groups is 1. The van der Waals surface area contributed by atoms with Crippen molar-refractivity contribution in [3.8, 4) is 0 Å². The van der Waals surface area contributed by atoms with Gasteiger partial charge >= 0.3 is 0 Å². The second-order valence-corrected chi connectivity index (χ2v) is 7.78. The summed E-state index contributed by atoms with van der Waals surface area (Å²) in [5, 5.41) is 12.4. The molecule has 4 N–H and O–H groups in total. The Hall–Kier alpha value is -1.67. The van der Waals surface area contributed by atoms with E-state index < -0.39 is 10.0 Å². The summed E-state index contributed by atoms with van der Waals surface area (Å²) >= 11 is 11.4. The maximum Gasteiger partial charge on any atom is 0.238 e. The van der Waals surface area contributed by atoms with Crippen molar-refractivity contribution in [2.75, 3.05) is 5.32 Å². The highest BCUT2D eigenvalue weighted by atomic mass is 35.5. The lowest BCUT2D eigenvalue weighted by Gasteiger charge is -2.18. The minimum atomic E-state index is -3.69. The van der Waals surface area contributed by atoms with Gasteiger partial charge in [-0.2, -0.15) is 0 Å². The molecular formula is C16H18ClN3O2S2. The summed E-state index contributed by atoms with van der Waals surface area (Å²) in [5.41, 5.74) is 2.66. The maximum atomic E-state index is 11.3. The molecule has 0 spiro atoms. The Morgan fingerprint density at radius 2 is 1.83 bits per heavy atom. The quantitative estimate of drug-likeness (QED) is 0.705. The highest BCUT2D eigenvalue weighted by Crippen LogP contribution is 2.20. The van der Waals surface area contributed by atoms with Crippen LogP contribution in [0, 0.1) is 6.92 Å². The lowest BCUT2D eigenvalue weighted by molar-refractivity contribution is 0.597. The highest BCUT2D eigenvalue weighted by Gasteiger charge is 2.11. The topological polar surface area (TPSA) is 84.2 Å². The Morgan fingerprint density at radius 1 is 1.21 bits per heavy atom. The van der Waals surface area contributed by atoms with Gasteiger partial charge in [-0.15, -0.1) is 0 Å². The molecule has 2 aromatic rings. The molecule has 8 heteroatoms. The van der Waals surface area contributed by atoms with E-state index in [1.807, 2.05) is 26.0 Å². The highest BCUT2D eigenvalue weighted by molar-refractivity contribution is 7.89. The first-order chi connectivity index (χ1) is 11.2. The third kappa shape index (κ3) is 4.91. The van der Waals surface area contributed by atoms with Crippen LogP contribution in [0.3, 0.4) is 0 Å². The third-order valence-electron chi connectivity index (χ3n) is 3.49.